The zero-order valence-electron chi connectivity index (χ0n) is 13.8. The number of hydrogen-bond acceptors (Lipinski definition) is 6. The lowest BCUT2D eigenvalue weighted by Crippen LogP contribution is -2.17. The van der Waals surface area contributed by atoms with E-state index in [1.807, 2.05) is 35.7 Å². The van der Waals surface area contributed by atoms with E-state index in [9.17, 15) is 9.59 Å². The number of thioether (sulfide) groups is 1. The number of hydrogen-bond donors (Lipinski definition) is 2. The van der Waals surface area contributed by atoms with E-state index in [-0.39, 0.29) is 17.2 Å². The van der Waals surface area contributed by atoms with Crippen molar-refractivity contribution in [2.45, 2.75) is 24.4 Å². The van der Waals surface area contributed by atoms with Gasteiger partial charge >= 0.3 is 0 Å². The predicted octanol–water partition coefficient (Wildman–Crippen LogP) is 3.11. The molecule has 0 saturated carbocycles. The van der Waals surface area contributed by atoms with Crippen LogP contribution >= 0.6 is 23.1 Å². The normalized spacial score (nSPS) is 12.8. The maximum absolute atomic E-state index is 12.2. The van der Waals surface area contributed by atoms with Crippen molar-refractivity contribution in [1.82, 2.24) is 15.0 Å². The molecule has 0 radical (unpaired) electrons. The van der Waals surface area contributed by atoms with Gasteiger partial charge in [0.25, 0.3) is 5.56 Å². The van der Waals surface area contributed by atoms with E-state index < -0.39 is 0 Å². The minimum absolute atomic E-state index is 0.0807. The Kier molecular flexibility index (Phi) is 4.85. The number of aromatic nitrogens is 3. The Morgan fingerprint density at radius 1 is 1.23 bits per heavy atom. The molecule has 132 valence electrons. The first-order valence-corrected chi connectivity index (χ1v) is 10.1. The number of benzene rings is 1. The van der Waals surface area contributed by atoms with Gasteiger partial charge in [-0.15, -0.1) is 11.3 Å². The van der Waals surface area contributed by atoms with Crippen molar-refractivity contribution in [3.05, 3.63) is 57.3 Å². The van der Waals surface area contributed by atoms with Gasteiger partial charge in [-0.25, -0.2) is 9.97 Å². The first-order chi connectivity index (χ1) is 12.7. The summed E-state index contributed by atoms with van der Waals surface area (Å²) >= 11 is 2.62. The standard InChI is InChI=1S/C18H16N4O2S2/c23-15(10-26-18-19-13-8-4-7-12(13)16(24)22-18)21-17-20-14(9-25-17)11-5-2-1-3-6-11/h1-3,5-6,9H,4,7-8,10H2,(H,19,22,24)(H,20,21,23). The highest BCUT2D eigenvalue weighted by atomic mass is 32.2. The third-order valence-electron chi connectivity index (χ3n) is 4.08. The Morgan fingerprint density at radius 2 is 2.08 bits per heavy atom. The Labute approximate surface area is 158 Å². The second-order valence-electron chi connectivity index (χ2n) is 5.89. The number of fused-ring (bicyclic) bond motifs is 1. The fourth-order valence-electron chi connectivity index (χ4n) is 2.85. The second kappa shape index (κ2) is 7.43. The average Bonchev–Trinajstić information content (AvgIpc) is 3.30. The molecule has 4 rings (SSSR count). The number of aromatic amines is 1. The van der Waals surface area contributed by atoms with E-state index in [4.69, 9.17) is 0 Å². The number of H-pyrrole nitrogens is 1. The van der Waals surface area contributed by atoms with Gasteiger partial charge in [-0.05, 0) is 19.3 Å². The summed E-state index contributed by atoms with van der Waals surface area (Å²) in [7, 11) is 0. The minimum atomic E-state index is -0.174. The lowest BCUT2D eigenvalue weighted by atomic mass is 10.2. The molecule has 0 fully saturated rings. The lowest BCUT2D eigenvalue weighted by Gasteiger charge is -2.04. The Balaban J connectivity index is 1.37. The van der Waals surface area contributed by atoms with Crippen LogP contribution in [0.3, 0.4) is 0 Å². The number of carbonyl (C=O) groups excluding carboxylic acids is 1. The summed E-state index contributed by atoms with van der Waals surface area (Å²) in [6.07, 6.45) is 2.59. The van der Waals surface area contributed by atoms with Crippen molar-refractivity contribution < 1.29 is 4.79 Å². The molecular weight excluding hydrogens is 368 g/mol. The van der Waals surface area contributed by atoms with Gasteiger partial charge in [-0.1, -0.05) is 42.1 Å². The summed E-state index contributed by atoms with van der Waals surface area (Å²) in [4.78, 5) is 35.8. The minimum Gasteiger partial charge on any atom is -0.301 e. The summed E-state index contributed by atoms with van der Waals surface area (Å²) in [5.41, 5.74) is 3.42. The van der Waals surface area contributed by atoms with Gasteiger partial charge in [0.05, 0.1) is 17.1 Å². The lowest BCUT2D eigenvalue weighted by molar-refractivity contribution is -0.113. The molecule has 1 aliphatic carbocycles. The maximum Gasteiger partial charge on any atom is 0.254 e. The number of aryl methyl sites for hydroxylation is 1. The van der Waals surface area contributed by atoms with Gasteiger partial charge in [0, 0.05) is 16.5 Å². The van der Waals surface area contributed by atoms with E-state index >= 15 is 0 Å². The molecule has 1 aromatic carbocycles. The summed E-state index contributed by atoms with van der Waals surface area (Å²) in [6.45, 7) is 0. The smallest absolute Gasteiger partial charge is 0.254 e. The van der Waals surface area contributed by atoms with E-state index in [1.54, 1.807) is 0 Å². The van der Waals surface area contributed by atoms with Gasteiger partial charge in [0.15, 0.2) is 10.3 Å². The van der Waals surface area contributed by atoms with Gasteiger partial charge in [-0.2, -0.15) is 0 Å². The molecule has 2 heterocycles. The van der Waals surface area contributed by atoms with E-state index in [0.717, 1.165) is 41.8 Å². The van der Waals surface area contributed by atoms with Crippen LogP contribution in [-0.4, -0.2) is 26.6 Å². The van der Waals surface area contributed by atoms with Crippen LogP contribution in [0.5, 0.6) is 0 Å². The summed E-state index contributed by atoms with van der Waals surface area (Å²) in [5.74, 6) is -0.00535. The van der Waals surface area contributed by atoms with Crippen LogP contribution < -0.4 is 10.9 Å². The number of thiazole rings is 1. The van der Waals surface area contributed by atoms with Gasteiger partial charge in [-0.3, -0.25) is 9.59 Å². The van der Waals surface area contributed by atoms with Crippen LogP contribution in [0.4, 0.5) is 5.13 Å². The number of anilines is 1. The van der Waals surface area contributed by atoms with Crippen molar-refractivity contribution >= 4 is 34.1 Å². The summed E-state index contributed by atoms with van der Waals surface area (Å²) in [6, 6.07) is 9.81. The topological polar surface area (TPSA) is 87.7 Å². The number of nitrogens with zero attached hydrogens (tertiary/aromatic N) is 2. The third-order valence-corrected chi connectivity index (χ3v) is 5.71. The average molecular weight is 384 g/mol. The molecule has 0 aliphatic heterocycles. The van der Waals surface area contributed by atoms with Gasteiger partial charge in [0.2, 0.25) is 5.91 Å². The van der Waals surface area contributed by atoms with Gasteiger partial charge < -0.3 is 10.3 Å². The molecule has 2 N–H and O–H groups in total. The molecule has 0 bridgehead atoms. The molecule has 1 amide bonds. The van der Waals surface area contributed by atoms with E-state index in [1.165, 1.54) is 23.1 Å². The van der Waals surface area contributed by atoms with Gasteiger partial charge in [0.1, 0.15) is 0 Å². The van der Waals surface area contributed by atoms with Crippen LogP contribution in [0.1, 0.15) is 17.7 Å². The quantitative estimate of drug-likeness (QED) is 0.521. The Hall–Kier alpha value is -2.45. The van der Waals surface area contributed by atoms with Crippen LogP contribution in [0.15, 0.2) is 45.7 Å². The first kappa shape index (κ1) is 17.0. The van der Waals surface area contributed by atoms with Crippen molar-refractivity contribution in [3.63, 3.8) is 0 Å². The van der Waals surface area contributed by atoms with E-state index in [0.29, 0.717) is 10.3 Å². The zero-order valence-corrected chi connectivity index (χ0v) is 15.5. The molecule has 0 saturated heterocycles. The predicted molar refractivity (Wildman–Crippen MR) is 104 cm³/mol. The monoisotopic (exact) mass is 384 g/mol. The fourth-order valence-corrected chi connectivity index (χ4v) is 4.26. The third kappa shape index (κ3) is 3.71. The second-order valence-corrected chi connectivity index (χ2v) is 7.71. The van der Waals surface area contributed by atoms with E-state index in [2.05, 4.69) is 20.3 Å². The highest BCUT2D eigenvalue weighted by molar-refractivity contribution is 7.99. The van der Waals surface area contributed by atoms with Crippen LogP contribution in [0, 0.1) is 0 Å². The number of amides is 1. The SMILES string of the molecule is O=C(CSc1nc2c(c(=O)[nH]1)CCC2)Nc1nc(-c2ccccc2)cs1. The van der Waals surface area contributed by atoms with Crippen molar-refractivity contribution in [1.29, 1.82) is 0 Å². The van der Waals surface area contributed by atoms with Crippen molar-refractivity contribution in [3.8, 4) is 11.3 Å². The van der Waals surface area contributed by atoms with Crippen LogP contribution in [0.25, 0.3) is 11.3 Å². The molecule has 0 unspecified atom stereocenters. The van der Waals surface area contributed by atoms with Crippen molar-refractivity contribution in [2.75, 3.05) is 11.1 Å². The zero-order chi connectivity index (χ0) is 17.9. The Bertz CT molecular complexity index is 998. The summed E-state index contributed by atoms with van der Waals surface area (Å²) < 4.78 is 0. The maximum atomic E-state index is 12.2. The molecule has 8 heteroatoms. The molecule has 26 heavy (non-hydrogen) atoms. The Morgan fingerprint density at radius 3 is 2.92 bits per heavy atom. The highest BCUT2D eigenvalue weighted by Crippen LogP contribution is 2.25. The molecule has 0 atom stereocenters. The molecule has 3 aromatic rings. The summed E-state index contributed by atoms with van der Waals surface area (Å²) in [5, 5.41) is 5.77. The van der Waals surface area contributed by atoms with Crippen molar-refractivity contribution in [2.24, 2.45) is 0 Å². The molecular formula is C18H16N4O2S2. The molecule has 6 nitrogen and oxygen atoms in total. The highest BCUT2D eigenvalue weighted by Gasteiger charge is 2.17. The molecule has 2 aromatic heterocycles. The largest absolute Gasteiger partial charge is 0.301 e. The number of nitrogens with one attached hydrogen (secondary N) is 2. The molecule has 0 spiro atoms. The number of rotatable bonds is 5. The van der Waals surface area contributed by atoms with Crippen LogP contribution in [0.2, 0.25) is 0 Å². The molecule has 1 aliphatic rings. The first-order valence-electron chi connectivity index (χ1n) is 8.25. The number of carbonyl (C=O) groups is 1. The fraction of sp³-hybridized carbons (Fsp3) is 0.222. The van der Waals surface area contributed by atoms with Crippen LogP contribution in [-0.2, 0) is 17.6 Å².